The molecule has 2 rings (SSSR count). The van der Waals surface area contributed by atoms with Gasteiger partial charge in [-0.2, -0.15) is 0 Å². The Morgan fingerprint density at radius 1 is 1.08 bits per heavy atom. The predicted molar refractivity (Wildman–Crippen MR) is 103 cm³/mol. The molecule has 140 valence electrons. The van der Waals surface area contributed by atoms with E-state index in [2.05, 4.69) is 10.0 Å². The predicted octanol–water partition coefficient (Wildman–Crippen LogP) is 2.93. The molecule has 0 bridgehead atoms. The van der Waals surface area contributed by atoms with Crippen molar-refractivity contribution in [3.05, 3.63) is 59.2 Å². The normalized spacial score (nSPS) is 12.5. The molecular formula is C19H24N2O4S. The second-order valence-corrected chi connectivity index (χ2v) is 8.01. The number of aryl methyl sites for hydroxylation is 2. The highest BCUT2D eigenvalue weighted by molar-refractivity contribution is 7.88. The molecule has 7 heteroatoms. The van der Waals surface area contributed by atoms with Crippen LogP contribution in [-0.2, 0) is 14.8 Å². The van der Waals surface area contributed by atoms with E-state index in [9.17, 15) is 13.2 Å². The molecule has 0 saturated carbocycles. The molecule has 2 N–H and O–H groups in total. The van der Waals surface area contributed by atoms with E-state index in [0.29, 0.717) is 11.3 Å². The SMILES string of the molecule is COc1ccc(C(CC(=O)Nc2c(C)cccc2C)NS(C)(=O)=O)cc1. The standard InChI is InChI=1S/C19H24N2O4S/c1-13-6-5-7-14(2)19(13)20-18(22)12-17(21-26(4,23)24)15-8-10-16(25-3)11-9-15/h5-11,17,21H,12H2,1-4H3,(H,20,22). The maximum Gasteiger partial charge on any atom is 0.226 e. The lowest BCUT2D eigenvalue weighted by Crippen LogP contribution is -2.30. The minimum atomic E-state index is -3.48. The molecule has 0 aliphatic heterocycles. The number of para-hydroxylation sites is 1. The van der Waals surface area contributed by atoms with Crippen molar-refractivity contribution in [2.45, 2.75) is 26.3 Å². The summed E-state index contributed by atoms with van der Waals surface area (Å²) in [6, 6.07) is 12.0. The minimum Gasteiger partial charge on any atom is -0.497 e. The maximum absolute atomic E-state index is 12.5. The molecule has 0 heterocycles. The molecule has 6 nitrogen and oxygen atoms in total. The number of benzene rings is 2. The van der Waals surface area contributed by atoms with Gasteiger partial charge in [0.2, 0.25) is 15.9 Å². The summed E-state index contributed by atoms with van der Waals surface area (Å²) in [5.74, 6) is 0.395. The van der Waals surface area contributed by atoms with Gasteiger partial charge in [0, 0.05) is 12.1 Å². The number of sulfonamides is 1. The number of carbonyl (C=O) groups excluding carboxylic acids is 1. The highest BCUT2D eigenvalue weighted by atomic mass is 32.2. The average Bonchev–Trinajstić information content (AvgIpc) is 2.56. The van der Waals surface area contributed by atoms with E-state index in [1.54, 1.807) is 31.4 Å². The van der Waals surface area contributed by atoms with Gasteiger partial charge in [0.15, 0.2) is 0 Å². The second kappa shape index (κ2) is 8.33. The van der Waals surface area contributed by atoms with Crippen LogP contribution < -0.4 is 14.8 Å². The summed E-state index contributed by atoms with van der Waals surface area (Å²) >= 11 is 0. The number of hydrogen-bond donors (Lipinski definition) is 2. The first-order chi connectivity index (χ1) is 12.2. The zero-order chi connectivity index (χ0) is 19.3. The van der Waals surface area contributed by atoms with Crippen LogP contribution in [0.5, 0.6) is 5.75 Å². The summed E-state index contributed by atoms with van der Waals surface area (Å²) < 4.78 is 31.1. The van der Waals surface area contributed by atoms with E-state index in [-0.39, 0.29) is 12.3 Å². The molecule has 1 atom stereocenters. The van der Waals surface area contributed by atoms with Crippen molar-refractivity contribution in [3.63, 3.8) is 0 Å². The highest BCUT2D eigenvalue weighted by Crippen LogP contribution is 2.24. The Morgan fingerprint density at radius 3 is 2.15 bits per heavy atom. The summed E-state index contributed by atoms with van der Waals surface area (Å²) in [7, 11) is -1.93. The van der Waals surface area contributed by atoms with Crippen LogP contribution >= 0.6 is 0 Å². The van der Waals surface area contributed by atoms with Crippen molar-refractivity contribution in [3.8, 4) is 5.75 Å². The summed E-state index contributed by atoms with van der Waals surface area (Å²) in [5.41, 5.74) is 3.35. The minimum absolute atomic E-state index is 0.0207. The van der Waals surface area contributed by atoms with Crippen LogP contribution in [0.15, 0.2) is 42.5 Å². The number of rotatable bonds is 7. The quantitative estimate of drug-likeness (QED) is 0.778. The Labute approximate surface area is 154 Å². The molecule has 26 heavy (non-hydrogen) atoms. The summed E-state index contributed by atoms with van der Waals surface area (Å²) in [4.78, 5) is 12.5. The van der Waals surface area contributed by atoms with E-state index >= 15 is 0 Å². The molecule has 0 radical (unpaired) electrons. The topological polar surface area (TPSA) is 84.5 Å². The lowest BCUT2D eigenvalue weighted by Gasteiger charge is -2.19. The van der Waals surface area contributed by atoms with E-state index in [4.69, 9.17) is 4.74 Å². The van der Waals surface area contributed by atoms with Gasteiger partial charge in [0.1, 0.15) is 5.75 Å². The van der Waals surface area contributed by atoms with Gasteiger partial charge in [-0.1, -0.05) is 30.3 Å². The average molecular weight is 376 g/mol. The Balaban J connectivity index is 2.21. The van der Waals surface area contributed by atoms with Gasteiger partial charge in [-0.25, -0.2) is 13.1 Å². The molecule has 0 saturated heterocycles. The number of anilines is 1. The third-order valence-corrected chi connectivity index (χ3v) is 4.72. The van der Waals surface area contributed by atoms with Crippen molar-refractivity contribution in [2.24, 2.45) is 0 Å². The van der Waals surface area contributed by atoms with Crippen LogP contribution in [0.25, 0.3) is 0 Å². The number of ether oxygens (including phenoxy) is 1. The molecule has 0 spiro atoms. The Morgan fingerprint density at radius 2 is 1.65 bits per heavy atom. The third kappa shape index (κ3) is 5.57. The van der Waals surface area contributed by atoms with Crippen molar-refractivity contribution < 1.29 is 17.9 Å². The monoisotopic (exact) mass is 376 g/mol. The number of carbonyl (C=O) groups is 1. The zero-order valence-electron chi connectivity index (χ0n) is 15.4. The maximum atomic E-state index is 12.5. The molecule has 0 fully saturated rings. The van der Waals surface area contributed by atoms with Gasteiger partial charge in [-0.05, 0) is 42.7 Å². The number of amides is 1. The number of nitrogens with one attached hydrogen (secondary N) is 2. The van der Waals surface area contributed by atoms with Crippen molar-refractivity contribution in [2.75, 3.05) is 18.7 Å². The zero-order valence-corrected chi connectivity index (χ0v) is 16.2. The molecule has 2 aromatic rings. The van der Waals surface area contributed by atoms with Crippen LogP contribution in [0.4, 0.5) is 5.69 Å². The Bertz CT molecular complexity index is 857. The molecule has 0 aliphatic rings. The number of hydrogen-bond acceptors (Lipinski definition) is 4. The van der Waals surface area contributed by atoms with Crippen LogP contribution in [0.3, 0.4) is 0 Å². The summed E-state index contributed by atoms with van der Waals surface area (Å²) in [6.45, 7) is 3.83. The van der Waals surface area contributed by atoms with Gasteiger partial charge >= 0.3 is 0 Å². The van der Waals surface area contributed by atoms with Crippen LogP contribution in [0.1, 0.15) is 29.2 Å². The molecular weight excluding hydrogens is 352 g/mol. The van der Waals surface area contributed by atoms with Crippen LogP contribution in [-0.4, -0.2) is 27.7 Å². The van der Waals surface area contributed by atoms with Gasteiger partial charge in [-0.15, -0.1) is 0 Å². The fraction of sp³-hybridized carbons (Fsp3) is 0.316. The van der Waals surface area contributed by atoms with Crippen molar-refractivity contribution in [1.29, 1.82) is 0 Å². The second-order valence-electron chi connectivity index (χ2n) is 6.23. The Hall–Kier alpha value is -2.38. The fourth-order valence-corrected chi connectivity index (χ4v) is 3.45. The number of methoxy groups -OCH3 is 1. The molecule has 1 amide bonds. The van der Waals surface area contributed by atoms with Gasteiger partial charge < -0.3 is 10.1 Å². The molecule has 0 aromatic heterocycles. The van der Waals surface area contributed by atoms with Crippen LogP contribution in [0, 0.1) is 13.8 Å². The largest absolute Gasteiger partial charge is 0.497 e. The van der Waals surface area contributed by atoms with Gasteiger partial charge in [0.05, 0.1) is 19.4 Å². The summed E-state index contributed by atoms with van der Waals surface area (Å²) in [5, 5.41) is 2.89. The smallest absolute Gasteiger partial charge is 0.226 e. The van der Waals surface area contributed by atoms with E-state index in [1.165, 1.54) is 0 Å². The van der Waals surface area contributed by atoms with Crippen LogP contribution in [0.2, 0.25) is 0 Å². The third-order valence-electron chi connectivity index (χ3n) is 4.01. The molecule has 1 unspecified atom stereocenters. The lowest BCUT2D eigenvalue weighted by molar-refractivity contribution is -0.116. The first-order valence-electron chi connectivity index (χ1n) is 8.17. The first-order valence-corrected chi connectivity index (χ1v) is 10.1. The summed E-state index contributed by atoms with van der Waals surface area (Å²) in [6.07, 6.45) is 1.06. The fourth-order valence-electron chi connectivity index (χ4n) is 2.71. The molecule has 2 aromatic carbocycles. The van der Waals surface area contributed by atoms with E-state index < -0.39 is 16.1 Å². The highest BCUT2D eigenvalue weighted by Gasteiger charge is 2.20. The van der Waals surface area contributed by atoms with Crippen molar-refractivity contribution >= 4 is 21.6 Å². The van der Waals surface area contributed by atoms with Crippen molar-refractivity contribution in [1.82, 2.24) is 4.72 Å². The van der Waals surface area contributed by atoms with Gasteiger partial charge in [0.25, 0.3) is 0 Å². The van der Waals surface area contributed by atoms with Gasteiger partial charge in [-0.3, -0.25) is 4.79 Å². The van der Waals surface area contributed by atoms with E-state index in [0.717, 1.165) is 23.1 Å². The van der Waals surface area contributed by atoms with E-state index in [1.807, 2.05) is 32.0 Å². The molecule has 0 aliphatic carbocycles. The first kappa shape index (κ1) is 19.9. The lowest BCUT2D eigenvalue weighted by atomic mass is 10.0. The Kier molecular flexibility index (Phi) is 6.39.